The van der Waals surface area contributed by atoms with E-state index in [4.69, 9.17) is 4.74 Å². The first kappa shape index (κ1) is 17.0. The highest BCUT2D eigenvalue weighted by atomic mass is 16.5. The molecule has 1 aliphatic rings. The van der Waals surface area contributed by atoms with Gasteiger partial charge in [0, 0.05) is 25.4 Å². The predicted molar refractivity (Wildman–Crippen MR) is 103 cm³/mol. The van der Waals surface area contributed by atoms with Crippen molar-refractivity contribution in [2.75, 3.05) is 18.0 Å². The molecule has 0 saturated carbocycles. The summed E-state index contributed by atoms with van der Waals surface area (Å²) in [5.41, 5.74) is 1.67. The Kier molecular flexibility index (Phi) is 4.96. The summed E-state index contributed by atoms with van der Waals surface area (Å²) in [7, 11) is 0. The lowest BCUT2D eigenvalue weighted by atomic mass is 10.2. The van der Waals surface area contributed by atoms with Crippen molar-refractivity contribution in [2.45, 2.75) is 12.5 Å². The lowest BCUT2D eigenvalue weighted by molar-refractivity contribution is 0.182. The van der Waals surface area contributed by atoms with E-state index in [1.54, 1.807) is 23.4 Å². The van der Waals surface area contributed by atoms with E-state index in [2.05, 4.69) is 9.97 Å². The van der Waals surface area contributed by atoms with E-state index < -0.39 is 0 Å². The van der Waals surface area contributed by atoms with Gasteiger partial charge in [0.05, 0.1) is 17.9 Å². The number of benzene rings is 2. The molecule has 136 valence electrons. The zero-order valence-electron chi connectivity index (χ0n) is 14.8. The minimum absolute atomic E-state index is 0.0625. The number of rotatable bonds is 4. The fourth-order valence-corrected chi connectivity index (χ4v) is 3.16. The third-order valence-electron chi connectivity index (χ3n) is 4.45. The average Bonchev–Trinajstić information content (AvgIpc) is 3.19. The number of likely N-dealkylation sites (tertiary alicyclic amines) is 1. The first-order chi connectivity index (χ1) is 13.3. The maximum Gasteiger partial charge on any atom is 0.329 e. The fourth-order valence-electron chi connectivity index (χ4n) is 3.16. The molecule has 1 aromatic heterocycles. The standard InChI is InChI=1S/C21H20N4O2/c26-21(24-15-12-19(16-24)27-20-22-13-7-14-23-20)25(17-8-3-1-4-9-17)18-10-5-2-6-11-18/h1-11,13-14,19H,12,15-16H2/t19-/m1/s1. The summed E-state index contributed by atoms with van der Waals surface area (Å²) in [6.07, 6.45) is 3.94. The number of hydrogen-bond donors (Lipinski definition) is 0. The molecule has 2 amide bonds. The van der Waals surface area contributed by atoms with Gasteiger partial charge < -0.3 is 9.64 Å². The van der Waals surface area contributed by atoms with Crippen molar-refractivity contribution in [3.8, 4) is 6.01 Å². The third kappa shape index (κ3) is 3.89. The number of nitrogens with zero attached hydrogens (tertiary/aromatic N) is 4. The van der Waals surface area contributed by atoms with E-state index >= 15 is 0 Å². The molecule has 3 aromatic rings. The summed E-state index contributed by atoms with van der Waals surface area (Å²) in [6.45, 7) is 1.14. The quantitative estimate of drug-likeness (QED) is 0.708. The zero-order chi connectivity index (χ0) is 18.5. The van der Waals surface area contributed by atoms with Crippen LogP contribution in [-0.2, 0) is 0 Å². The van der Waals surface area contributed by atoms with Crippen molar-refractivity contribution in [2.24, 2.45) is 0 Å². The summed E-state index contributed by atoms with van der Waals surface area (Å²) in [5.74, 6) is 0. The Labute approximate surface area is 158 Å². The van der Waals surface area contributed by atoms with Gasteiger partial charge in [-0.05, 0) is 30.3 Å². The van der Waals surface area contributed by atoms with Crippen molar-refractivity contribution in [1.29, 1.82) is 0 Å². The van der Waals surface area contributed by atoms with E-state index in [1.807, 2.05) is 65.6 Å². The molecule has 0 N–H and O–H groups in total. The highest BCUT2D eigenvalue weighted by Gasteiger charge is 2.32. The molecule has 1 fully saturated rings. The number of para-hydroxylation sites is 2. The van der Waals surface area contributed by atoms with Gasteiger partial charge in [-0.25, -0.2) is 14.8 Å². The van der Waals surface area contributed by atoms with Gasteiger partial charge in [0.1, 0.15) is 6.10 Å². The van der Waals surface area contributed by atoms with Gasteiger partial charge in [-0.3, -0.25) is 4.90 Å². The number of ether oxygens (including phenoxy) is 1. The van der Waals surface area contributed by atoms with E-state index in [9.17, 15) is 4.79 Å². The Morgan fingerprint density at radius 2 is 1.52 bits per heavy atom. The Hall–Kier alpha value is -3.41. The predicted octanol–water partition coefficient (Wildman–Crippen LogP) is 3.89. The van der Waals surface area contributed by atoms with E-state index in [-0.39, 0.29) is 12.1 Å². The minimum Gasteiger partial charge on any atom is -0.458 e. The van der Waals surface area contributed by atoms with Crippen LogP contribution in [0, 0.1) is 0 Å². The maximum atomic E-state index is 13.3. The second kappa shape index (κ2) is 7.86. The van der Waals surface area contributed by atoms with Gasteiger partial charge in [0.25, 0.3) is 0 Å². The van der Waals surface area contributed by atoms with Crippen LogP contribution in [0.2, 0.25) is 0 Å². The lowest BCUT2D eigenvalue weighted by Crippen LogP contribution is -2.40. The van der Waals surface area contributed by atoms with Crippen molar-refractivity contribution in [1.82, 2.24) is 14.9 Å². The molecule has 0 spiro atoms. The molecular weight excluding hydrogens is 340 g/mol. The average molecular weight is 360 g/mol. The Balaban J connectivity index is 1.52. The van der Waals surface area contributed by atoms with Crippen molar-refractivity contribution in [3.63, 3.8) is 0 Å². The molecule has 0 radical (unpaired) electrons. The van der Waals surface area contributed by atoms with Crippen LogP contribution in [0.15, 0.2) is 79.1 Å². The van der Waals surface area contributed by atoms with Crippen LogP contribution in [0.4, 0.5) is 16.2 Å². The topological polar surface area (TPSA) is 58.6 Å². The first-order valence-electron chi connectivity index (χ1n) is 8.94. The summed E-state index contributed by atoms with van der Waals surface area (Å²) in [5, 5.41) is 0. The molecule has 1 atom stereocenters. The highest BCUT2D eigenvalue weighted by molar-refractivity contribution is 5.99. The smallest absolute Gasteiger partial charge is 0.329 e. The minimum atomic E-state index is -0.107. The van der Waals surface area contributed by atoms with Gasteiger partial charge in [-0.2, -0.15) is 0 Å². The summed E-state index contributed by atoms with van der Waals surface area (Å²) in [4.78, 5) is 25.1. The van der Waals surface area contributed by atoms with Crippen LogP contribution in [0.1, 0.15) is 6.42 Å². The first-order valence-corrected chi connectivity index (χ1v) is 8.94. The number of carbonyl (C=O) groups excluding carboxylic acids is 1. The number of anilines is 2. The number of aromatic nitrogens is 2. The van der Waals surface area contributed by atoms with Crippen molar-refractivity contribution < 1.29 is 9.53 Å². The SMILES string of the molecule is O=C(N1CC[C@@H](Oc2ncccn2)C1)N(c1ccccc1)c1ccccc1. The number of carbonyl (C=O) groups is 1. The Morgan fingerprint density at radius 1 is 0.926 bits per heavy atom. The maximum absolute atomic E-state index is 13.3. The molecule has 0 aliphatic carbocycles. The monoisotopic (exact) mass is 360 g/mol. The van der Waals surface area contributed by atoms with E-state index in [1.165, 1.54) is 0 Å². The molecule has 1 aliphatic heterocycles. The molecule has 27 heavy (non-hydrogen) atoms. The van der Waals surface area contributed by atoms with Gasteiger partial charge in [-0.1, -0.05) is 36.4 Å². The second-order valence-electron chi connectivity index (χ2n) is 6.29. The van der Waals surface area contributed by atoms with Crippen LogP contribution < -0.4 is 9.64 Å². The van der Waals surface area contributed by atoms with Crippen LogP contribution >= 0.6 is 0 Å². The molecule has 0 bridgehead atoms. The Morgan fingerprint density at radius 3 is 2.11 bits per heavy atom. The van der Waals surface area contributed by atoms with E-state index in [0.29, 0.717) is 19.1 Å². The normalized spacial score (nSPS) is 16.1. The molecule has 6 heteroatoms. The highest BCUT2D eigenvalue weighted by Crippen LogP contribution is 2.28. The van der Waals surface area contributed by atoms with Crippen LogP contribution in [0.3, 0.4) is 0 Å². The van der Waals surface area contributed by atoms with Crippen LogP contribution in [0.25, 0.3) is 0 Å². The fraction of sp³-hybridized carbons (Fsp3) is 0.190. The molecule has 1 saturated heterocycles. The van der Waals surface area contributed by atoms with Gasteiger partial charge in [0.15, 0.2) is 0 Å². The molecule has 2 aromatic carbocycles. The number of hydrogen-bond acceptors (Lipinski definition) is 4. The Bertz CT molecular complexity index is 835. The van der Waals surface area contributed by atoms with Crippen LogP contribution in [0.5, 0.6) is 6.01 Å². The summed E-state index contributed by atoms with van der Waals surface area (Å²) < 4.78 is 5.81. The second-order valence-corrected chi connectivity index (χ2v) is 6.29. The van der Waals surface area contributed by atoms with Gasteiger partial charge >= 0.3 is 12.0 Å². The van der Waals surface area contributed by atoms with E-state index in [0.717, 1.165) is 17.8 Å². The summed E-state index contributed by atoms with van der Waals surface area (Å²) >= 11 is 0. The number of urea groups is 1. The molecule has 0 unspecified atom stereocenters. The number of amides is 2. The molecule has 2 heterocycles. The largest absolute Gasteiger partial charge is 0.458 e. The summed E-state index contributed by atoms with van der Waals surface area (Å²) in [6, 6.07) is 21.4. The molecule has 4 rings (SSSR count). The third-order valence-corrected chi connectivity index (χ3v) is 4.45. The molecule has 6 nitrogen and oxygen atoms in total. The van der Waals surface area contributed by atoms with Crippen LogP contribution in [-0.4, -0.2) is 40.1 Å². The molecular formula is C21H20N4O2. The lowest BCUT2D eigenvalue weighted by Gasteiger charge is -2.28. The zero-order valence-corrected chi connectivity index (χ0v) is 14.8. The van der Waals surface area contributed by atoms with Gasteiger partial charge in [0.2, 0.25) is 0 Å². The van der Waals surface area contributed by atoms with Crippen molar-refractivity contribution >= 4 is 17.4 Å². The van der Waals surface area contributed by atoms with Gasteiger partial charge in [-0.15, -0.1) is 0 Å². The van der Waals surface area contributed by atoms with Crippen molar-refractivity contribution in [3.05, 3.63) is 79.1 Å².